The number of rotatable bonds is 4. The van der Waals surface area contributed by atoms with Crippen molar-refractivity contribution in [1.29, 1.82) is 5.26 Å². The van der Waals surface area contributed by atoms with Crippen LogP contribution in [0.1, 0.15) is 11.1 Å². The van der Waals surface area contributed by atoms with Crippen molar-refractivity contribution in [2.45, 2.75) is 13.5 Å². The minimum Gasteiger partial charge on any atom is -0.333 e. The van der Waals surface area contributed by atoms with Crippen LogP contribution in [0.2, 0.25) is 0 Å². The summed E-state index contributed by atoms with van der Waals surface area (Å²) < 4.78 is 1.85. The van der Waals surface area contributed by atoms with E-state index in [9.17, 15) is 4.79 Å². The molecule has 0 aliphatic carbocycles. The molecule has 1 aromatic heterocycles. The van der Waals surface area contributed by atoms with Gasteiger partial charge in [0, 0.05) is 28.4 Å². The maximum absolute atomic E-state index is 11.9. The predicted molar refractivity (Wildman–Crippen MR) is 98.5 cm³/mol. The Morgan fingerprint density at radius 2 is 2.00 bits per heavy atom. The Kier molecular flexibility index (Phi) is 4.77. The molecule has 0 radical (unpaired) electrons. The SMILES string of the molecule is Cc1ccccc1NC(=O)NN=Cc1cn(CC#N)c2ccccc12. The summed E-state index contributed by atoms with van der Waals surface area (Å²) in [6.45, 7) is 2.18. The lowest BCUT2D eigenvalue weighted by atomic mass is 10.2. The molecule has 0 spiro atoms. The van der Waals surface area contributed by atoms with Crippen molar-refractivity contribution >= 4 is 28.8 Å². The van der Waals surface area contributed by atoms with E-state index >= 15 is 0 Å². The molecule has 0 atom stereocenters. The molecular weight excluding hydrogens is 314 g/mol. The Morgan fingerprint density at radius 3 is 2.80 bits per heavy atom. The molecule has 2 aromatic carbocycles. The summed E-state index contributed by atoms with van der Waals surface area (Å²) in [7, 11) is 0. The van der Waals surface area contributed by atoms with Crippen LogP contribution in [0.25, 0.3) is 10.9 Å². The largest absolute Gasteiger partial charge is 0.339 e. The number of aryl methyl sites for hydroxylation is 1. The van der Waals surface area contributed by atoms with E-state index in [2.05, 4.69) is 21.9 Å². The van der Waals surface area contributed by atoms with E-state index in [1.165, 1.54) is 0 Å². The highest BCUT2D eigenvalue weighted by atomic mass is 16.2. The lowest BCUT2D eigenvalue weighted by molar-refractivity contribution is 0.252. The average Bonchev–Trinajstić information content (AvgIpc) is 2.96. The molecule has 1 heterocycles. The van der Waals surface area contributed by atoms with Crippen molar-refractivity contribution in [2.75, 3.05) is 5.32 Å². The number of hydrazone groups is 1. The monoisotopic (exact) mass is 331 g/mol. The van der Waals surface area contributed by atoms with Gasteiger partial charge in [-0.3, -0.25) is 0 Å². The lowest BCUT2D eigenvalue weighted by Gasteiger charge is -2.06. The molecule has 0 saturated carbocycles. The summed E-state index contributed by atoms with van der Waals surface area (Å²) in [6.07, 6.45) is 3.42. The summed E-state index contributed by atoms with van der Waals surface area (Å²) in [5, 5.41) is 16.7. The zero-order chi connectivity index (χ0) is 17.6. The standard InChI is InChI=1S/C19H17N5O/c1-14-6-2-4-8-17(14)22-19(25)23-21-12-15-13-24(11-10-20)18-9-5-3-7-16(15)18/h2-9,12-13H,11H2,1H3,(H2,22,23,25). The number of hydrogen-bond acceptors (Lipinski definition) is 3. The van der Waals surface area contributed by atoms with Gasteiger partial charge in [0.2, 0.25) is 0 Å². The van der Waals surface area contributed by atoms with E-state index in [0.717, 1.165) is 27.7 Å². The third kappa shape index (κ3) is 3.67. The van der Waals surface area contributed by atoms with Crippen LogP contribution in [0.15, 0.2) is 59.8 Å². The van der Waals surface area contributed by atoms with Gasteiger partial charge in [0.15, 0.2) is 0 Å². The summed E-state index contributed by atoms with van der Waals surface area (Å²) in [5.74, 6) is 0. The topological polar surface area (TPSA) is 82.2 Å². The Hall–Kier alpha value is -3.59. The summed E-state index contributed by atoms with van der Waals surface area (Å²) in [4.78, 5) is 11.9. The summed E-state index contributed by atoms with van der Waals surface area (Å²) >= 11 is 0. The van der Waals surface area contributed by atoms with Gasteiger partial charge in [-0.1, -0.05) is 36.4 Å². The van der Waals surface area contributed by atoms with Crippen molar-refractivity contribution < 1.29 is 4.79 Å². The molecule has 2 N–H and O–H groups in total. The summed E-state index contributed by atoms with van der Waals surface area (Å²) in [5.41, 5.74) is 5.96. The van der Waals surface area contributed by atoms with Gasteiger partial charge in [-0.15, -0.1) is 0 Å². The molecule has 25 heavy (non-hydrogen) atoms. The van der Waals surface area contributed by atoms with Crippen LogP contribution in [0.5, 0.6) is 0 Å². The van der Waals surface area contributed by atoms with E-state index in [-0.39, 0.29) is 6.54 Å². The number of amides is 2. The molecule has 3 aromatic rings. The van der Waals surface area contributed by atoms with E-state index in [1.54, 1.807) is 6.21 Å². The lowest BCUT2D eigenvalue weighted by Crippen LogP contribution is -2.24. The fourth-order valence-corrected chi connectivity index (χ4v) is 2.61. The van der Waals surface area contributed by atoms with Crippen LogP contribution in [0.4, 0.5) is 10.5 Å². The van der Waals surface area contributed by atoms with Gasteiger partial charge in [-0.2, -0.15) is 10.4 Å². The molecule has 0 bridgehead atoms. The van der Waals surface area contributed by atoms with E-state index in [1.807, 2.05) is 66.2 Å². The fraction of sp³-hybridized carbons (Fsp3) is 0.105. The van der Waals surface area contributed by atoms with Crippen LogP contribution >= 0.6 is 0 Å². The number of nitrogens with zero attached hydrogens (tertiary/aromatic N) is 3. The number of hydrogen-bond donors (Lipinski definition) is 2. The van der Waals surface area contributed by atoms with Crippen LogP contribution in [0, 0.1) is 18.3 Å². The maximum atomic E-state index is 11.9. The Labute approximate surface area is 145 Å². The van der Waals surface area contributed by atoms with Crippen LogP contribution in [0.3, 0.4) is 0 Å². The molecule has 6 nitrogen and oxygen atoms in total. The number of anilines is 1. The molecule has 124 valence electrons. The van der Waals surface area contributed by atoms with Crippen molar-refractivity contribution in [2.24, 2.45) is 5.10 Å². The number of carbonyl (C=O) groups excluding carboxylic acids is 1. The minimum absolute atomic E-state index is 0.259. The molecule has 6 heteroatoms. The molecule has 0 fully saturated rings. The van der Waals surface area contributed by atoms with Crippen molar-refractivity contribution in [1.82, 2.24) is 9.99 Å². The van der Waals surface area contributed by atoms with Crippen molar-refractivity contribution in [3.63, 3.8) is 0 Å². The Morgan fingerprint density at radius 1 is 1.24 bits per heavy atom. The first-order chi connectivity index (χ1) is 12.2. The van der Waals surface area contributed by atoms with Gasteiger partial charge < -0.3 is 9.88 Å². The number of nitrogens with one attached hydrogen (secondary N) is 2. The van der Waals surface area contributed by atoms with Gasteiger partial charge in [0.25, 0.3) is 0 Å². The second-order valence-electron chi connectivity index (χ2n) is 5.53. The summed E-state index contributed by atoms with van der Waals surface area (Å²) in [6, 6.07) is 17.0. The first kappa shape index (κ1) is 16.3. The molecule has 0 saturated heterocycles. The number of nitriles is 1. The number of para-hydroxylation sites is 2. The van der Waals surface area contributed by atoms with Crippen LogP contribution in [-0.2, 0) is 6.54 Å². The minimum atomic E-state index is -0.411. The van der Waals surface area contributed by atoms with Crippen molar-refractivity contribution in [3.8, 4) is 6.07 Å². The maximum Gasteiger partial charge on any atom is 0.339 e. The van der Waals surface area contributed by atoms with Crippen LogP contribution in [-0.4, -0.2) is 16.8 Å². The molecule has 0 aliphatic rings. The predicted octanol–water partition coefficient (Wildman–Crippen LogP) is 3.63. The number of carbonyl (C=O) groups is 1. The molecule has 3 rings (SSSR count). The third-order valence-corrected chi connectivity index (χ3v) is 3.82. The number of aromatic nitrogens is 1. The van der Waals surface area contributed by atoms with Gasteiger partial charge in [-0.05, 0) is 24.6 Å². The Balaban J connectivity index is 1.72. The third-order valence-electron chi connectivity index (χ3n) is 3.82. The van der Waals surface area contributed by atoms with Gasteiger partial charge in [-0.25, -0.2) is 10.2 Å². The smallest absolute Gasteiger partial charge is 0.333 e. The highest BCUT2D eigenvalue weighted by molar-refractivity contribution is 6.00. The Bertz CT molecular complexity index is 981. The normalized spacial score (nSPS) is 10.7. The van der Waals surface area contributed by atoms with Gasteiger partial charge in [0.05, 0.1) is 12.3 Å². The fourth-order valence-electron chi connectivity index (χ4n) is 2.61. The highest BCUT2D eigenvalue weighted by Crippen LogP contribution is 2.19. The second kappa shape index (κ2) is 7.32. The average molecular weight is 331 g/mol. The first-order valence-corrected chi connectivity index (χ1v) is 7.79. The van der Waals surface area contributed by atoms with E-state index < -0.39 is 6.03 Å². The van der Waals surface area contributed by atoms with E-state index in [4.69, 9.17) is 5.26 Å². The zero-order valence-corrected chi connectivity index (χ0v) is 13.7. The van der Waals surface area contributed by atoms with E-state index in [0.29, 0.717) is 0 Å². The number of benzene rings is 2. The zero-order valence-electron chi connectivity index (χ0n) is 13.7. The first-order valence-electron chi connectivity index (χ1n) is 7.79. The number of urea groups is 1. The second-order valence-corrected chi connectivity index (χ2v) is 5.53. The highest BCUT2D eigenvalue weighted by Gasteiger charge is 2.06. The quantitative estimate of drug-likeness (QED) is 0.565. The molecule has 0 aliphatic heterocycles. The van der Waals surface area contributed by atoms with Gasteiger partial charge >= 0.3 is 6.03 Å². The molecular formula is C19H17N5O. The van der Waals surface area contributed by atoms with Crippen LogP contribution < -0.4 is 10.7 Å². The molecule has 2 amide bonds. The molecule has 0 unspecified atom stereocenters. The van der Waals surface area contributed by atoms with Gasteiger partial charge in [0.1, 0.15) is 6.54 Å². The van der Waals surface area contributed by atoms with Crippen molar-refractivity contribution in [3.05, 3.63) is 65.9 Å². The number of fused-ring (bicyclic) bond motifs is 1.